The third-order valence-corrected chi connectivity index (χ3v) is 10.8. The minimum Gasteiger partial charge on any atom is -0.203 e. The molecule has 0 radical (unpaired) electrons. The second kappa shape index (κ2) is 14.5. The summed E-state index contributed by atoms with van der Waals surface area (Å²) in [6.07, 6.45) is 15.6. The van der Waals surface area contributed by atoms with Crippen LogP contribution in [0.3, 0.4) is 0 Å². The molecule has 0 spiro atoms. The van der Waals surface area contributed by atoms with Crippen LogP contribution < -0.4 is 0 Å². The van der Waals surface area contributed by atoms with Crippen LogP contribution in [0.1, 0.15) is 116 Å². The molecule has 6 rings (SSSR count). The molecular weight excluding hydrogens is 556 g/mol. The Bertz CT molecular complexity index is 1450. The predicted molar refractivity (Wildman–Crippen MR) is 179 cm³/mol. The smallest absolute Gasteiger partial charge is 0.166 e. The molecule has 0 nitrogen and oxygen atoms in total. The Morgan fingerprint density at radius 3 is 1.61 bits per heavy atom. The van der Waals surface area contributed by atoms with E-state index >= 15 is 0 Å². The van der Waals surface area contributed by atoms with Crippen LogP contribution in [0.4, 0.5) is 17.6 Å². The molecule has 3 aliphatic rings. The summed E-state index contributed by atoms with van der Waals surface area (Å²) >= 11 is 0. The molecule has 0 saturated heterocycles. The molecule has 4 heteroatoms. The molecule has 1 atom stereocenters. The van der Waals surface area contributed by atoms with E-state index in [0.29, 0.717) is 28.2 Å². The highest BCUT2D eigenvalue weighted by atomic mass is 19.2. The lowest BCUT2D eigenvalue weighted by atomic mass is 9.71. The summed E-state index contributed by atoms with van der Waals surface area (Å²) in [6, 6.07) is 14.7. The maximum atomic E-state index is 14.1. The number of rotatable bonds is 4. The van der Waals surface area contributed by atoms with Crippen LogP contribution >= 0.6 is 0 Å². The molecule has 3 aromatic carbocycles. The van der Waals surface area contributed by atoms with E-state index in [2.05, 4.69) is 32.1 Å². The molecule has 3 aromatic rings. The first kappa shape index (κ1) is 32.5. The van der Waals surface area contributed by atoms with Crippen molar-refractivity contribution in [3.05, 3.63) is 100 Å². The highest BCUT2D eigenvalue weighted by Crippen LogP contribution is 2.42. The van der Waals surface area contributed by atoms with Crippen molar-refractivity contribution in [1.82, 2.24) is 0 Å². The fourth-order valence-corrected chi connectivity index (χ4v) is 7.58. The molecule has 240 valence electrons. The number of halogens is 4. The zero-order valence-corrected chi connectivity index (χ0v) is 26.9. The van der Waals surface area contributed by atoms with Crippen molar-refractivity contribution in [2.75, 3.05) is 0 Å². The van der Waals surface area contributed by atoms with Gasteiger partial charge in [-0.2, -0.15) is 0 Å². The highest BCUT2D eigenvalue weighted by Gasteiger charge is 2.28. The van der Waals surface area contributed by atoms with E-state index in [1.165, 1.54) is 56.9 Å². The van der Waals surface area contributed by atoms with E-state index in [9.17, 15) is 17.6 Å². The van der Waals surface area contributed by atoms with Crippen molar-refractivity contribution in [3.8, 4) is 11.1 Å². The van der Waals surface area contributed by atoms with Gasteiger partial charge >= 0.3 is 0 Å². The van der Waals surface area contributed by atoms with Gasteiger partial charge in [0.15, 0.2) is 23.3 Å². The summed E-state index contributed by atoms with van der Waals surface area (Å²) in [4.78, 5) is 0. The Balaban J connectivity index is 0.000000240. The third kappa shape index (κ3) is 7.49. The largest absolute Gasteiger partial charge is 0.203 e. The van der Waals surface area contributed by atoms with Gasteiger partial charge in [0.2, 0.25) is 0 Å². The predicted octanol–water partition coefficient (Wildman–Crippen LogP) is 13.0. The zero-order chi connectivity index (χ0) is 31.4. The van der Waals surface area contributed by atoms with Gasteiger partial charge in [0.05, 0.1) is 0 Å². The normalized spacial score (nSPS) is 25.5. The van der Waals surface area contributed by atoms with E-state index in [1.54, 1.807) is 38.1 Å². The molecule has 3 aliphatic carbocycles. The number of hydrogen-bond acceptors (Lipinski definition) is 0. The van der Waals surface area contributed by atoms with Gasteiger partial charge in [-0.3, -0.25) is 0 Å². The number of allylic oxidation sites excluding steroid dienone is 2. The van der Waals surface area contributed by atoms with Crippen molar-refractivity contribution >= 4 is 5.57 Å². The maximum absolute atomic E-state index is 14.1. The molecule has 0 aromatic heterocycles. The summed E-state index contributed by atoms with van der Waals surface area (Å²) in [5.41, 5.74) is 4.59. The van der Waals surface area contributed by atoms with Crippen LogP contribution in [-0.2, 0) is 0 Å². The van der Waals surface area contributed by atoms with Crippen LogP contribution in [-0.4, -0.2) is 0 Å². The van der Waals surface area contributed by atoms with Crippen LogP contribution in [0.2, 0.25) is 0 Å². The Hall–Kier alpha value is -2.88. The van der Waals surface area contributed by atoms with Crippen LogP contribution in [0.25, 0.3) is 16.7 Å². The fourth-order valence-electron chi connectivity index (χ4n) is 7.58. The number of benzene rings is 3. The van der Waals surface area contributed by atoms with E-state index in [-0.39, 0.29) is 2.85 Å². The SMILES string of the molecule is Cc1ccc(-c2ccc(C3CCC(C)CC3)cc2)c(F)c1F.Cc1ccc(C2=CCC(C3CCC(C)CC3)CC2)c(F)c1F.[HH].[HH]. The number of hydrogen-bond donors (Lipinski definition) is 0. The third-order valence-electron chi connectivity index (χ3n) is 10.8. The van der Waals surface area contributed by atoms with Gasteiger partial charge in [-0.15, -0.1) is 0 Å². The van der Waals surface area contributed by atoms with E-state index in [4.69, 9.17) is 0 Å². The average molecular weight is 609 g/mol. The molecule has 1 unspecified atom stereocenters. The van der Waals surface area contributed by atoms with Gasteiger partial charge in [0.1, 0.15) is 0 Å². The fraction of sp³-hybridized carbons (Fsp3) is 0.500. The molecule has 2 fully saturated rings. The monoisotopic (exact) mass is 608 g/mol. The lowest BCUT2D eigenvalue weighted by Gasteiger charge is -2.34. The summed E-state index contributed by atoms with van der Waals surface area (Å²) in [6.45, 7) is 7.85. The first-order valence-electron chi connectivity index (χ1n) is 16.8. The lowest BCUT2D eigenvalue weighted by Crippen LogP contribution is -2.22. The van der Waals surface area contributed by atoms with Crippen LogP contribution in [0.5, 0.6) is 0 Å². The summed E-state index contributed by atoms with van der Waals surface area (Å²) in [5.74, 6) is 1.06. The van der Waals surface area contributed by atoms with Crippen LogP contribution in [0, 0.1) is 60.8 Å². The van der Waals surface area contributed by atoms with Gasteiger partial charge in [-0.05, 0) is 116 Å². The highest BCUT2D eigenvalue weighted by molar-refractivity contribution is 5.67. The quantitative estimate of drug-likeness (QED) is 0.259. The van der Waals surface area contributed by atoms with E-state index < -0.39 is 23.3 Å². The Labute approximate surface area is 265 Å². The number of aryl methyl sites for hydroxylation is 2. The first-order valence-corrected chi connectivity index (χ1v) is 16.8. The van der Waals surface area contributed by atoms with Gasteiger partial charge in [-0.25, -0.2) is 17.6 Å². The molecule has 0 heterocycles. The Kier molecular flexibility index (Phi) is 10.7. The van der Waals surface area contributed by atoms with Crippen molar-refractivity contribution in [2.24, 2.45) is 23.7 Å². The Morgan fingerprint density at radius 1 is 0.545 bits per heavy atom. The summed E-state index contributed by atoms with van der Waals surface area (Å²) in [5, 5.41) is 0. The van der Waals surface area contributed by atoms with Gasteiger partial charge in [-0.1, -0.05) is 94.1 Å². The standard InChI is InChI=1S/C20H26F2.C20H22F2.2H2/c2*1-13-3-6-15(7-4-13)16-8-10-17(11-9-16)18-12-5-14(2)19(21)20(18)22;;/h5,10,12-13,15-16H,3-4,6-9,11H2,1-2H3;5,8-13,15H,3-4,6-7H2,1-2H3;2*1H. The molecule has 2 saturated carbocycles. The van der Waals surface area contributed by atoms with Crippen LogP contribution in [0.15, 0.2) is 54.6 Å². The van der Waals surface area contributed by atoms with Gasteiger partial charge < -0.3 is 0 Å². The minimum absolute atomic E-state index is 0. The topological polar surface area (TPSA) is 0 Å². The van der Waals surface area contributed by atoms with E-state index in [0.717, 1.165) is 54.1 Å². The maximum Gasteiger partial charge on any atom is 0.166 e. The summed E-state index contributed by atoms with van der Waals surface area (Å²) in [7, 11) is 0. The molecular formula is C40H52F4. The van der Waals surface area contributed by atoms with Crippen molar-refractivity contribution < 1.29 is 20.4 Å². The molecule has 0 N–H and O–H groups in total. The van der Waals surface area contributed by atoms with Crippen molar-refractivity contribution in [1.29, 1.82) is 0 Å². The molecule has 0 bridgehead atoms. The molecule has 0 amide bonds. The minimum atomic E-state index is -0.751. The molecule has 0 aliphatic heterocycles. The second-order valence-corrected chi connectivity index (χ2v) is 14.0. The van der Waals surface area contributed by atoms with Gasteiger partial charge in [0, 0.05) is 14.0 Å². The molecule has 44 heavy (non-hydrogen) atoms. The first-order chi connectivity index (χ1) is 21.1. The average Bonchev–Trinajstić information content (AvgIpc) is 3.04. The summed E-state index contributed by atoms with van der Waals surface area (Å²) < 4.78 is 55.7. The second-order valence-electron chi connectivity index (χ2n) is 14.0. The van der Waals surface area contributed by atoms with Crippen molar-refractivity contribution in [2.45, 2.75) is 104 Å². The lowest BCUT2D eigenvalue weighted by molar-refractivity contribution is 0.202. The Morgan fingerprint density at radius 2 is 1.07 bits per heavy atom. The van der Waals surface area contributed by atoms with Gasteiger partial charge in [0.25, 0.3) is 0 Å². The van der Waals surface area contributed by atoms with E-state index in [1.807, 2.05) is 12.1 Å². The van der Waals surface area contributed by atoms with Crippen molar-refractivity contribution in [3.63, 3.8) is 0 Å². The zero-order valence-electron chi connectivity index (χ0n) is 26.9.